The first-order valence-electron chi connectivity index (χ1n) is 5.85. The van der Waals surface area contributed by atoms with Crippen molar-refractivity contribution in [1.29, 1.82) is 0 Å². The van der Waals surface area contributed by atoms with Crippen molar-refractivity contribution in [3.8, 4) is 11.1 Å². The third-order valence-electron chi connectivity index (χ3n) is 2.66. The van der Waals surface area contributed by atoms with Crippen molar-refractivity contribution in [1.82, 2.24) is 0 Å². The maximum absolute atomic E-state index is 12.0. The topological polar surface area (TPSA) is 52.3 Å². The standard InChI is InChI=1S/C15H15NO2/c1-2-18-15(17)14-12(9-6-10-13(14)16)11-7-4-3-5-8-11/h3-10H,2,16H2,1H3. The minimum Gasteiger partial charge on any atom is -0.462 e. The maximum atomic E-state index is 12.0. The molecule has 0 aliphatic carbocycles. The number of nitrogen functional groups attached to an aromatic ring is 1. The molecular formula is C15H15NO2. The number of benzene rings is 2. The Morgan fingerprint density at radius 3 is 2.50 bits per heavy atom. The molecule has 2 rings (SSSR count). The fourth-order valence-corrected chi connectivity index (χ4v) is 1.86. The molecule has 2 N–H and O–H groups in total. The molecule has 0 amide bonds. The lowest BCUT2D eigenvalue weighted by molar-refractivity contribution is 0.0528. The van der Waals surface area contributed by atoms with E-state index in [4.69, 9.17) is 10.5 Å². The van der Waals surface area contributed by atoms with Gasteiger partial charge in [0.15, 0.2) is 0 Å². The van der Waals surface area contributed by atoms with Crippen molar-refractivity contribution in [2.75, 3.05) is 12.3 Å². The monoisotopic (exact) mass is 241 g/mol. The molecule has 0 aromatic heterocycles. The average molecular weight is 241 g/mol. The van der Waals surface area contributed by atoms with Crippen LogP contribution in [0.3, 0.4) is 0 Å². The van der Waals surface area contributed by atoms with Gasteiger partial charge in [-0.15, -0.1) is 0 Å². The first-order chi connectivity index (χ1) is 8.74. The van der Waals surface area contributed by atoms with Crippen LogP contribution in [-0.4, -0.2) is 12.6 Å². The second-order valence-electron chi connectivity index (χ2n) is 3.86. The van der Waals surface area contributed by atoms with Crippen LogP contribution in [0.15, 0.2) is 48.5 Å². The van der Waals surface area contributed by atoms with Crippen molar-refractivity contribution >= 4 is 11.7 Å². The highest BCUT2D eigenvalue weighted by Crippen LogP contribution is 2.28. The summed E-state index contributed by atoms with van der Waals surface area (Å²) in [5.41, 5.74) is 8.52. The Balaban J connectivity index is 2.55. The molecule has 0 saturated carbocycles. The summed E-state index contributed by atoms with van der Waals surface area (Å²) in [6.45, 7) is 2.11. The highest BCUT2D eigenvalue weighted by Gasteiger charge is 2.16. The summed E-state index contributed by atoms with van der Waals surface area (Å²) in [4.78, 5) is 12.0. The number of hydrogen-bond donors (Lipinski definition) is 1. The number of hydrogen-bond acceptors (Lipinski definition) is 3. The average Bonchev–Trinajstić information content (AvgIpc) is 2.39. The van der Waals surface area contributed by atoms with E-state index in [0.29, 0.717) is 17.9 Å². The number of carbonyl (C=O) groups excluding carboxylic acids is 1. The molecule has 18 heavy (non-hydrogen) atoms. The van der Waals surface area contributed by atoms with E-state index in [9.17, 15) is 4.79 Å². The van der Waals surface area contributed by atoms with Gasteiger partial charge in [0, 0.05) is 5.69 Å². The van der Waals surface area contributed by atoms with Crippen LogP contribution in [0.25, 0.3) is 11.1 Å². The van der Waals surface area contributed by atoms with Crippen LogP contribution in [0, 0.1) is 0 Å². The molecule has 2 aromatic rings. The van der Waals surface area contributed by atoms with Gasteiger partial charge in [0.25, 0.3) is 0 Å². The molecule has 0 bridgehead atoms. The third-order valence-corrected chi connectivity index (χ3v) is 2.66. The van der Waals surface area contributed by atoms with Crippen molar-refractivity contribution in [3.63, 3.8) is 0 Å². The van der Waals surface area contributed by atoms with Crippen LogP contribution in [0.5, 0.6) is 0 Å². The van der Waals surface area contributed by atoms with Gasteiger partial charge in [0.2, 0.25) is 0 Å². The van der Waals surface area contributed by atoms with Gasteiger partial charge in [-0.3, -0.25) is 0 Å². The van der Waals surface area contributed by atoms with Crippen molar-refractivity contribution < 1.29 is 9.53 Å². The van der Waals surface area contributed by atoms with Crippen molar-refractivity contribution in [2.45, 2.75) is 6.92 Å². The van der Waals surface area contributed by atoms with Crippen LogP contribution < -0.4 is 5.73 Å². The lowest BCUT2D eigenvalue weighted by atomic mass is 9.98. The normalized spacial score (nSPS) is 10.1. The predicted octanol–water partition coefficient (Wildman–Crippen LogP) is 3.11. The predicted molar refractivity (Wildman–Crippen MR) is 72.2 cm³/mol. The van der Waals surface area contributed by atoms with Crippen molar-refractivity contribution in [3.05, 3.63) is 54.1 Å². The number of anilines is 1. The Kier molecular flexibility index (Phi) is 3.63. The quantitative estimate of drug-likeness (QED) is 0.663. The molecule has 0 radical (unpaired) electrons. The molecule has 0 unspecified atom stereocenters. The van der Waals surface area contributed by atoms with E-state index in [1.165, 1.54) is 0 Å². The van der Waals surface area contributed by atoms with E-state index in [-0.39, 0.29) is 5.97 Å². The zero-order valence-electron chi connectivity index (χ0n) is 10.2. The Labute approximate surface area is 106 Å². The number of esters is 1. The van der Waals surface area contributed by atoms with Gasteiger partial charge in [0.05, 0.1) is 12.2 Å². The van der Waals surface area contributed by atoms with Gasteiger partial charge in [-0.1, -0.05) is 42.5 Å². The summed E-state index contributed by atoms with van der Waals surface area (Å²) in [6, 6.07) is 15.1. The number of nitrogens with two attached hydrogens (primary N) is 1. The highest BCUT2D eigenvalue weighted by molar-refractivity contribution is 6.02. The first kappa shape index (κ1) is 12.2. The molecule has 0 aliphatic rings. The zero-order valence-corrected chi connectivity index (χ0v) is 10.2. The lowest BCUT2D eigenvalue weighted by Crippen LogP contribution is -2.09. The van der Waals surface area contributed by atoms with Crippen LogP contribution in [0.4, 0.5) is 5.69 Å². The smallest absolute Gasteiger partial charge is 0.340 e. The van der Waals surface area contributed by atoms with Gasteiger partial charge in [-0.2, -0.15) is 0 Å². The van der Waals surface area contributed by atoms with Gasteiger partial charge >= 0.3 is 5.97 Å². The summed E-state index contributed by atoms with van der Waals surface area (Å²) in [6.07, 6.45) is 0. The molecule has 0 aliphatic heterocycles. The molecule has 0 saturated heterocycles. The first-order valence-corrected chi connectivity index (χ1v) is 5.85. The summed E-state index contributed by atoms with van der Waals surface area (Å²) < 4.78 is 5.05. The fraction of sp³-hybridized carbons (Fsp3) is 0.133. The molecule has 0 atom stereocenters. The Morgan fingerprint density at radius 2 is 1.83 bits per heavy atom. The minimum absolute atomic E-state index is 0.335. The second-order valence-corrected chi connectivity index (χ2v) is 3.86. The SMILES string of the molecule is CCOC(=O)c1c(N)cccc1-c1ccccc1. The molecule has 3 heteroatoms. The molecule has 0 fully saturated rings. The van der Waals surface area contributed by atoms with Gasteiger partial charge in [-0.05, 0) is 24.1 Å². The van der Waals surface area contributed by atoms with Gasteiger partial charge in [0.1, 0.15) is 0 Å². The largest absolute Gasteiger partial charge is 0.462 e. The van der Waals surface area contributed by atoms with Crippen LogP contribution >= 0.6 is 0 Å². The second kappa shape index (κ2) is 5.36. The summed E-state index contributed by atoms with van der Waals surface area (Å²) in [5, 5.41) is 0. The van der Waals surface area contributed by atoms with E-state index in [2.05, 4.69) is 0 Å². The zero-order chi connectivity index (χ0) is 13.0. The van der Waals surface area contributed by atoms with E-state index in [1.54, 1.807) is 13.0 Å². The minimum atomic E-state index is -0.380. The van der Waals surface area contributed by atoms with Crippen molar-refractivity contribution in [2.24, 2.45) is 0 Å². The lowest BCUT2D eigenvalue weighted by Gasteiger charge is -2.11. The van der Waals surface area contributed by atoms with Crippen LogP contribution in [0.1, 0.15) is 17.3 Å². The molecule has 3 nitrogen and oxygen atoms in total. The van der Waals surface area contributed by atoms with E-state index in [1.807, 2.05) is 42.5 Å². The molecule has 0 heterocycles. The van der Waals surface area contributed by atoms with E-state index < -0.39 is 0 Å². The number of carbonyl (C=O) groups is 1. The highest BCUT2D eigenvalue weighted by atomic mass is 16.5. The third kappa shape index (κ3) is 2.35. The molecule has 92 valence electrons. The van der Waals surface area contributed by atoms with Crippen LogP contribution in [0.2, 0.25) is 0 Å². The Morgan fingerprint density at radius 1 is 1.11 bits per heavy atom. The molecule has 0 spiro atoms. The van der Waals surface area contributed by atoms with Crippen LogP contribution in [-0.2, 0) is 4.74 Å². The number of ether oxygens (including phenoxy) is 1. The summed E-state index contributed by atoms with van der Waals surface area (Å²) in [7, 11) is 0. The Bertz CT molecular complexity index is 550. The molecular weight excluding hydrogens is 226 g/mol. The Hall–Kier alpha value is -2.29. The maximum Gasteiger partial charge on any atom is 0.340 e. The summed E-state index contributed by atoms with van der Waals surface area (Å²) in [5.74, 6) is -0.380. The van der Waals surface area contributed by atoms with Gasteiger partial charge in [-0.25, -0.2) is 4.79 Å². The molecule has 2 aromatic carbocycles. The fourth-order valence-electron chi connectivity index (χ4n) is 1.86. The number of rotatable bonds is 3. The van der Waals surface area contributed by atoms with E-state index in [0.717, 1.165) is 11.1 Å². The van der Waals surface area contributed by atoms with E-state index >= 15 is 0 Å². The summed E-state index contributed by atoms with van der Waals surface area (Å²) >= 11 is 0. The van der Waals surface area contributed by atoms with Gasteiger partial charge < -0.3 is 10.5 Å².